The van der Waals surface area contributed by atoms with E-state index in [1.54, 1.807) is 0 Å². The van der Waals surface area contributed by atoms with Crippen molar-refractivity contribution in [2.24, 2.45) is 0 Å². The number of benzene rings is 1. The van der Waals surface area contributed by atoms with Gasteiger partial charge in [-0.05, 0) is 36.8 Å². The van der Waals surface area contributed by atoms with Crippen LogP contribution in [0.2, 0.25) is 0 Å². The maximum Gasteiger partial charge on any atom is 0.315 e. The topological polar surface area (TPSA) is 38.3 Å². The van der Waals surface area contributed by atoms with Crippen molar-refractivity contribution in [3.8, 4) is 0 Å². The molecule has 0 radical (unpaired) electrons. The fourth-order valence-corrected chi connectivity index (χ4v) is 3.14. The number of carbonyl (C=O) groups is 1. The maximum absolute atomic E-state index is 12.4. The van der Waals surface area contributed by atoms with Crippen LogP contribution >= 0.6 is 0 Å². The molecular weight excluding hydrogens is 238 g/mol. The van der Waals surface area contributed by atoms with E-state index in [9.17, 15) is 4.79 Å². The minimum absolute atomic E-state index is 0.0495. The molecule has 3 heteroatoms. The summed E-state index contributed by atoms with van der Waals surface area (Å²) >= 11 is 0. The highest BCUT2D eigenvalue weighted by molar-refractivity contribution is 5.79. The Labute approximate surface area is 114 Å². The Morgan fingerprint density at radius 1 is 1.16 bits per heavy atom. The molecule has 0 amide bonds. The van der Waals surface area contributed by atoms with Crippen molar-refractivity contribution < 1.29 is 9.53 Å². The third-order valence-corrected chi connectivity index (χ3v) is 4.21. The van der Waals surface area contributed by atoms with Crippen LogP contribution in [-0.2, 0) is 16.1 Å². The molecule has 1 saturated carbocycles. The van der Waals surface area contributed by atoms with E-state index in [0.717, 1.165) is 24.9 Å². The van der Waals surface area contributed by atoms with Crippen LogP contribution in [0.4, 0.5) is 0 Å². The van der Waals surface area contributed by atoms with Gasteiger partial charge in [-0.2, -0.15) is 0 Å². The molecule has 1 atom stereocenters. The largest absolute Gasteiger partial charge is 0.462 e. The van der Waals surface area contributed by atoms with E-state index in [-0.39, 0.29) is 18.0 Å². The molecule has 1 N–H and O–H groups in total. The molecule has 3 rings (SSSR count). The summed E-state index contributed by atoms with van der Waals surface area (Å²) in [6.07, 6.45) is 5.88. The first-order valence-electron chi connectivity index (χ1n) is 7.33. The Hall–Kier alpha value is -1.35. The van der Waals surface area contributed by atoms with E-state index in [0.29, 0.717) is 6.54 Å². The van der Waals surface area contributed by atoms with Gasteiger partial charge in [0.2, 0.25) is 0 Å². The SMILES string of the molecule is O=C(OC1CCCCC1)C1CNCc2ccccc21. The first-order chi connectivity index (χ1) is 9.34. The molecule has 0 bridgehead atoms. The van der Waals surface area contributed by atoms with Crippen LogP contribution in [0.1, 0.15) is 49.1 Å². The van der Waals surface area contributed by atoms with E-state index in [2.05, 4.69) is 17.4 Å². The fourth-order valence-electron chi connectivity index (χ4n) is 3.14. The van der Waals surface area contributed by atoms with Gasteiger partial charge in [0, 0.05) is 13.1 Å². The van der Waals surface area contributed by atoms with Gasteiger partial charge >= 0.3 is 5.97 Å². The lowest BCUT2D eigenvalue weighted by Crippen LogP contribution is -2.35. The Kier molecular flexibility index (Phi) is 3.83. The van der Waals surface area contributed by atoms with Gasteiger partial charge in [-0.25, -0.2) is 0 Å². The number of nitrogens with one attached hydrogen (secondary N) is 1. The van der Waals surface area contributed by atoms with Crippen LogP contribution < -0.4 is 5.32 Å². The van der Waals surface area contributed by atoms with Crippen LogP contribution in [0.15, 0.2) is 24.3 Å². The summed E-state index contributed by atoms with van der Waals surface area (Å²) in [6, 6.07) is 8.17. The highest BCUT2D eigenvalue weighted by Crippen LogP contribution is 2.27. The van der Waals surface area contributed by atoms with Gasteiger partial charge in [0.25, 0.3) is 0 Å². The summed E-state index contributed by atoms with van der Waals surface area (Å²) in [5.41, 5.74) is 2.36. The van der Waals surface area contributed by atoms with E-state index >= 15 is 0 Å². The average Bonchev–Trinajstić information content (AvgIpc) is 2.47. The number of rotatable bonds is 2. The summed E-state index contributed by atoms with van der Waals surface area (Å²) in [7, 11) is 0. The molecule has 1 unspecified atom stereocenters. The molecule has 19 heavy (non-hydrogen) atoms. The fraction of sp³-hybridized carbons (Fsp3) is 0.562. The standard InChI is InChI=1S/C16H21NO2/c18-16(19-13-7-2-1-3-8-13)15-11-17-10-12-6-4-5-9-14(12)15/h4-6,9,13,15,17H,1-3,7-8,10-11H2. The maximum atomic E-state index is 12.4. The third-order valence-electron chi connectivity index (χ3n) is 4.21. The summed E-state index contributed by atoms with van der Waals surface area (Å²) in [6.45, 7) is 1.55. The minimum atomic E-state index is -0.133. The van der Waals surface area contributed by atoms with Crippen molar-refractivity contribution in [2.75, 3.05) is 6.54 Å². The number of hydrogen-bond donors (Lipinski definition) is 1. The zero-order valence-electron chi connectivity index (χ0n) is 11.2. The number of esters is 1. The average molecular weight is 259 g/mol. The van der Waals surface area contributed by atoms with Crippen LogP contribution in [0.5, 0.6) is 0 Å². The van der Waals surface area contributed by atoms with Crippen molar-refractivity contribution in [3.05, 3.63) is 35.4 Å². The molecule has 0 saturated heterocycles. The van der Waals surface area contributed by atoms with Crippen molar-refractivity contribution in [1.29, 1.82) is 0 Å². The molecule has 1 aliphatic heterocycles. The highest BCUT2D eigenvalue weighted by Gasteiger charge is 2.29. The second-order valence-electron chi connectivity index (χ2n) is 5.58. The first-order valence-corrected chi connectivity index (χ1v) is 7.33. The number of hydrogen-bond acceptors (Lipinski definition) is 3. The van der Waals surface area contributed by atoms with Crippen LogP contribution in [-0.4, -0.2) is 18.6 Å². The normalized spacial score (nSPS) is 23.7. The lowest BCUT2D eigenvalue weighted by atomic mass is 9.90. The molecule has 1 aromatic rings. The zero-order chi connectivity index (χ0) is 13.1. The molecule has 3 nitrogen and oxygen atoms in total. The van der Waals surface area contributed by atoms with Gasteiger partial charge in [0.1, 0.15) is 6.10 Å². The molecule has 1 fully saturated rings. The Morgan fingerprint density at radius 2 is 1.95 bits per heavy atom. The summed E-state index contributed by atoms with van der Waals surface area (Å²) < 4.78 is 5.71. The Bertz CT molecular complexity index is 452. The Morgan fingerprint density at radius 3 is 2.79 bits per heavy atom. The molecule has 0 aromatic heterocycles. The van der Waals surface area contributed by atoms with Crippen molar-refractivity contribution in [2.45, 2.75) is 50.7 Å². The molecule has 1 aromatic carbocycles. The van der Waals surface area contributed by atoms with Crippen molar-refractivity contribution in [1.82, 2.24) is 5.32 Å². The lowest BCUT2D eigenvalue weighted by molar-refractivity contribution is -0.152. The van der Waals surface area contributed by atoms with Gasteiger partial charge in [-0.15, -0.1) is 0 Å². The number of ether oxygens (including phenoxy) is 1. The predicted octanol–water partition coefficient (Wildman–Crippen LogP) is 2.75. The van der Waals surface area contributed by atoms with E-state index in [1.807, 2.05) is 12.1 Å². The van der Waals surface area contributed by atoms with Gasteiger partial charge in [0.15, 0.2) is 0 Å². The van der Waals surface area contributed by atoms with Crippen molar-refractivity contribution in [3.63, 3.8) is 0 Å². The van der Waals surface area contributed by atoms with Crippen molar-refractivity contribution >= 4 is 5.97 Å². The highest BCUT2D eigenvalue weighted by atomic mass is 16.5. The predicted molar refractivity (Wildman–Crippen MR) is 73.9 cm³/mol. The molecular formula is C16H21NO2. The quantitative estimate of drug-likeness (QED) is 0.830. The monoisotopic (exact) mass is 259 g/mol. The summed E-state index contributed by atoms with van der Waals surface area (Å²) in [5.74, 6) is -0.182. The van der Waals surface area contributed by atoms with Crippen LogP contribution in [0.25, 0.3) is 0 Å². The van der Waals surface area contributed by atoms with E-state index in [4.69, 9.17) is 4.74 Å². The minimum Gasteiger partial charge on any atom is -0.462 e. The first kappa shape index (κ1) is 12.7. The van der Waals surface area contributed by atoms with E-state index < -0.39 is 0 Å². The number of carbonyl (C=O) groups excluding carboxylic acids is 1. The third kappa shape index (κ3) is 2.81. The Balaban J connectivity index is 1.70. The molecule has 2 aliphatic rings. The summed E-state index contributed by atoms with van der Waals surface area (Å²) in [5, 5.41) is 3.31. The molecule has 0 spiro atoms. The lowest BCUT2D eigenvalue weighted by Gasteiger charge is -2.28. The van der Waals surface area contributed by atoms with E-state index in [1.165, 1.54) is 24.8 Å². The zero-order valence-corrected chi connectivity index (χ0v) is 11.2. The van der Waals surface area contributed by atoms with Gasteiger partial charge in [-0.1, -0.05) is 30.7 Å². The van der Waals surface area contributed by atoms with Crippen LogP contribution in [0, 0.1) is 0 Å². The summed E-state index contributed by atoms with van der Waals surface area (Å²) in [4.78, 5) is 12.4. The molecule has 1 heterocycles. The van der Waals surface area contributed by atoms with Gasteiger partial charge in [0.05, 0.1) is 5.92 Å². The molecule has 1 aliphatic carbocycles. The molecule has 102 valence electrons. The van der Waals surface area contributed by atoms with Crippen LogP contribution in [0.3, 0.4) is 0 Å². The van der Waals surface area contributed by atoms with Gasteiger partial charge < -0.3 is 10.1 Å². The smallest absolute Gasteiger partial charge is 0.315 e. The number of fused-ring (bicyclic) bond motifs is 1. The van der Waals surface area contributed by atoms with Gasteiger partial charge in [-0.3, -0.25) is 4.79 Å². The second kappa shape index (κ2) is 5.74. The second-order valence-corrected chi connectivity index (χ2v) is 5.58.